The molecule has 15 heavy (non-hydrogen) atoms. The average Bonchev–Trinajstić information content (AvgIpc) is 2.20. The number of aryl methyl sites for hydroxylation is 1. The monoisotopic (exact) mass is 294 g/mol. The summed E-state index contributed by atoms with van der Waals surface area (Å²) in [7, 11) is 1.66. The van der Waals surface area contributed by atoms with Crippen molar-refractivity contribution in [2.45, 2.75) is 17.7 Å². The first-order valence-electron chi connectivity index (χ1n) is 4.70. The number of hydrogen-bond acceptors (Lipinski definition) is 1. The fourth-order valence-corrected chi connectivity index (χ4v) is 1.89. The minimum absolute atomic E-state index is 0.172. The van der Waals surface area contributed by atoms with Gasteiger partial charge in [-0.3, -0.25) is 0 Å². The summed E-state index contributed by atoms with van der Waals surface area (Å²) in [6, 6.07) is 4.92. The Hall–Kier alpha value is -0.120. The second-order valence-electron chi connectivity index (χ2n) is 3.34. The SMILES string of the molecule is COCC(Br)CCc1ccc(Cl)c(F)c1. The number of halogens is 3. The predicted octanol–water partition coefficient (Wildman–Crippen LogP) is 3.82. The highest BCUT2D eigenvalue weighted by molar-refractivity contribution is 9.09. The van der Waals surface area contributed by atoms with Crippen LogP contribution in [0.1, 0.15) is 12.0 Å². The van der Waals surface area contributed by atoms with Gasteiger partial charge in [-0.2, -0.15) is 0 Å². The van der Waals surface area contributed by atoms with Crippen molar-refractivity contribution in [1.29, 1.82) is 0 Å². The van der Waals surface area contributed by atoms with Crippen molar-refractivity contribution in [2.24, 2.45) is 0 Å². The maximum absolute atomic E-state index is 13.1. The molecule has 0 aliphatic heterocycles. The van der Waals surface area contributed by atoms with Crippen molar-refractivity contribution in [3.63, 3.8) is 0 Å². The van der Waals surface area contributed by atoms with E-state index in [-0.39, 0.29) is 10.8 Å². The van der Waals surface area contributed by atoms with Gasteiger partial charge in [0.1, 0.15) is 5.82 Å². The van der Waals surface area contributed by atoms with Gasteiger partial charge in [0.15, 0.2) is 0 Å². The molecule has 0 saturated carbocycles. The van der Waals surface area contributed by atoms with Gasteiger partial charge >= 0.3 is 0 Å². The van der Waals surface area contributed by atoms with Crippen LogP contribution in [0.4, 0.5) is 4.39 Å². The van der Waals surface area contributed by atoms with Crippen LogP contribution in [-0.2, 0) is 11.2 Å². The van der Waals surface area contributed by atoms with E-state index in [0.29, 0.717) is 11.4 Å². The van der Waals surface area contributed by atoms with Crippen LogP contribution in [0, 0.1) is 5.82 Å². The maximum atomic E-state index is 13.1. The summed E-state index contributed by atoms with van der Waals surface area (Å²) in [5, 5.41) is 0.172. The minimum atomic E-state index is -0.355. The van der Waals surface area contributed by atoms with E-state index in [1.807, 2.05) is 6.07 Å². The van der Waals surface area contributed by atoms with Gasteiger partial charge in [0.05, 0.1) is 11.6 Å². The van der Waals surface area contributed by atoms with Gasteiger partial charge in [0, 0.05) is 11.9 Å². The third kappa shape index (κ3) is 4.49. The summed E-state index contributed by atoms with van der Waals surface area (Å²) >= 11 is 9.07. The number of methoxy groups -OCH3 is 1. The molecular formula is C11H13BrClFO. The lowest BCUT2D eigenvalue weighted by Crippen LogP contribution is -2.07. The van der Waals surface area contributed by atoms with E-state index >= 15 is 0 Å². The molecule has 1 rings (SSSR count). The van der Waals surface area contributed by atoms with Crippen molar-refractivity contribution in [1.82, 2.24) is 0 Å². The van der Waals surface area contributed by atoms with Gasteiger partial charge in [-0.05, 0) is 30.5 Å². The van der Waals surface area contributed by atoms with Gasteiger partial charge < -0.3 is 4.74 Å². The maximum Gasteiger partial charge on any atom is 0.142 e. The van der Waals surface area contributed by atoms with E-state index in [0.717, 1.165) is 18.4 Å². The highest BCUT2D eigenvalue weighted by atomic mass is 79.9. The smallest absolute Gasteiger partial charge is 0.142 e. The Balaban J connectivity index is 2.47. The average molecular weight is 296 g/mol. The first kappa shape index (κ1) is 12.9. The Morgan fingerprint density at radius 3 is 2.87 bits per heavy atom. The summed E-state index contributed by atoms with van der Waals surface area (Å²) in [4.78, 5) is 0.307. The van der Waals surface area contributed by atoms with Crippen molar-refractivity contribution in [3.8, 4) is 0 Å². The van der Waals surface area contributed by atoms with Crippen LogP contribution < -0.4 is 0 Å². The van der Waals surface area contributed by atoms with Gasteiger partial charge in [-0.25, -0.2) is 4.39 Å². The lowest BCUT2D eigenvalue weighted by Gasteiger charge is -2.08. The molecule has 0 aromatic heterocycles. The number of rotatable bonds is 5. The van der Waals surface area contributed by atoms with E-state index in [1.165, 1.54) is 6.07 Å². The molecular weight excluding hydrogens is 282 g/mol. The summed E-state index contributed by atoms with van der Waals surface area (Å²) in [6.45, 7) is 0.663. The summed E-state index contributed by atoms with van der Waals surface area (Å²) in [6.07, 6.45) is 1.72. The Morgan fingerprint density at radius 1 is 1.53 bits per heavy atom. The molecule has 4 heteroatoms. The summed E-state index contributed by atoms with van der Waals surface area (Å²) in [5.74, 6) is -0.355. The minimum Gasteiger partial charge on any atom is -0.384 e. The fourth-order valence-electron chi connectivity index (χ4n) is 1.28. The number of alkyl halides is 1. The zero-order valence-electron chi connectivity index (χ0n) is 8.47. The molecule has 0 N–H and O–H groups in total. The van der Waals surface area contributed by atoms with Crippen molar-refractivity contribution >= 4 is 27.5 Å². The van der Waals surface area contributed by atoms with Gasteiger partial charge in [-0.15, -0.1) is 0 Å². The second-order valence-corrected chi connectivity index (χ2v) is 5.04. The van der Waals surface area contributed by atoms with Crippen LogP contribution in [0.15, 0.2) is 18.2 Å². The zero-order valence-corrected chi connectivity index (χ0v) is 10.8. The van der Waals surface area contributed by atoms with E-state index in [2.05, 4.69) is 15.9 Å². The molecule has 0 saturated heterocycles. The van der Waals surface area contributed by atoms with Crippen LogP contribution in [0.3, 0.4) is 0 Å². The summed E-state index contributed by atoms with van der Waals surface area (Å²) in [5.41, 5.74) is 0.956. The largest absolute Gasteiger partial charge is 0.384 e. The topological polar surface area (TPSA) is 9.23 Å². The van der Waals surface area contributed by atoms with Crippen molar-refractivity contribution in [3.05, 3.63) is 34.6 Å². The lowest BCUT2D eigenvalue weighted by atomic mass is 10.1. The molecule has 0 fully saturated rings. The highest BCUT2D eigenvalue weighted by Crippen LogP contribution is 2.18. The molecule has 0 aliphatic rings. The molecule has 1 aromatic rings. The van der Waals surface area contributed by atoms with E-state index in [9.17, 15) is 4.39 Å². The predicted molar refractivity (Wildman–Crippen MR) is 64.3 cm³/mol. The Kier molecular flexibility index (Phi) is 5.58. The molecule has 1 nitrogen and oxygen atoms in total. The fraction of sp³-hybridized carbons (Fsp3) is 0.455. The third-order valence-electron chi connectivity index (χ3n) is 2.08. The first-order chi connectivity index (χ1) is 7.13. The van der Waals surface area contributed by atoms with Crippen LogP contribution in [0.2, 0.25) is 5.02 Å². The van der Waals surface area contributed by atoms with Gasteiger partial charge in [-0.1, -0.05) is 33.6 Å². The zero-order chi connectivity index (χ0) is 11.3. The van der Waals surface area contributed by atoms with Crippen LogP contribution >= 0.6 is 27.5 Å². The number of benzene rings is 1. The summed E-state index contributed by atoms with van der Waals surface area (Å²) < 4.78 is 18.1. The van der Waals surface area contributed by atoms with Gasteiger partial charge in [0.25, 0.3) is 0 Å². The molecule has 0 heterocycles. The molecule has 1 unspecified atom stereocenters. The van der Waals surface area contributed by atoms with Crippen LogP contribution in [0.5, 0.6) is 0 Å². The quantitative estimate of drug-likeness (QED) is 0.750. The number of ether oxygens (including phenoxy) is 1. The molecule has 1 atom stereocenters. The van der Waals surface area contributed by atoms with E-state index in [4.69, 9.17) is 16.3 Å². The molecule has 0 aliphatic carbocycles. The Morgan fingerprint density at radius 2 is 2.27 bits per heavy atom. The first-order valence-corrected chi connectivity index (χ1v) is 5.99. The molecule has 84 valence electrons. The highest BCUT2D eigenvalue weighted by Gasteiger charge is 2.05. The molecule has 0 radical (unpaired) electrons. The molecule has 1 aromatic carbocycles. The molecule has 0 spiro atoms. The van der Waals surface area contributed by atoms with Crippen molar-refractivity contribution in [2.75, 3.05) is 13.7 Å². The standard InChI is InChI=1S/C11H13BrClFO/c1-15-7-9(12)4-2-8-3-5-10(13)11(14)6-8/h3,5-6,9H,2,4,7H2,1H3. The molecule has 0 bridgehead atoms. The van der Waals surface area contributed by atoms with Gasteiger partial charge in [0.2, 0.25) is 0 Å². The third-order valence-corrected chi connectivity index (χ3v) is 3.11. The van der Waals surface area contributed by atoms with Crippen LogP contribution in [-0.4, -0.2) is 18.5 Å². The van der Waals surface area contributed by atoms with E-state index in [1.54, 1.807) is 13.2 Å². The Labute approximate surface area is 103 Å². The number of hydrogen-bond donors (Lipinski definition) is 0. The Bertz CT molecular complexity index is 319. The van der Waals surface area contributed by atoms with E-state index < -0.39 is 0 Å². The van der Waals surface area contributed by atoms with Crippen LogP contribution in [0.25, 0.3) is 0 Å². The molecule has 0 amide bonds. The second kappa shape index (κ2) is 6.46. The normalized spacial score (nSPS) is 12.8. The lowest BCUT2D eigenvalue weighted by molar-refractivity contribution is 0.198. The van der Waals surface area contributed by atoms with Crippen molar-refractivity contribution < 1.29 is 9.13 Å².